The van der Waals surface area contributed by atoms with Gasteiger partial charge in [0, 0.05) is 35.6 Å². The van der Waals surface area contributed by atoms with E-state index in [2.05, 4.69) is 41.4 Å². The molecule has 3 heterocycles. The van der Waals surface area contributed by atoms with E-state index < -0.39 is 0 Å². The number of hydrogen-bond donors (Lipinski definition) is 0. The van der Waals surface area contributed by atoms with Crippen molar-refractivity contribution in [2.45, 2.75) is 39.9 Å². The normalized spacial score (nSPS) is 15.2. The fraction of sp³-hybridized carbons (Fsp3) is 0.240. The Morgan fingerprint density at radius 3 is 2.45 bits per heavy atom. The van der Waals surface area contributed by atoms with Gasteiger partial charge in [0.05, 0.1) is 18.7 Å². The van der Waals surface area contributed by atoms with Crippen LogP contribution in [-0.2, 0) is 30.8 Å². The number of benzene rings is 2. The maximum absolute atomic E-state index is 12.7. The van der Waals surface area contributed by atoms with Crippen LogP contribution in [0.15, 0.2) is 59.6 Å². The van der Waals surface area contributed by atoms with Crippen molar-refractivity contribution in [3.8, 4) is 0 Å². The van der Waals surface area contributed by atoms with Crippen LogP contribution in [-0.4, -0.2) is 21.5 Å². The number of carbonyl (C=O) groups is 1. The standard InChI is InChI=1S/C25H23N3O/c1-16-8-20(9-17(2)27-16)25-23-11-22-15-28(14-18-6-4-3-5-7-18)24(29)12-19(22)10-21(23)13-26-25/h3-11H,12-15H2,1-2H3. The molecule has 2 aliphatic heterocycles. The van der Waals surface area contributed by atoms with Gasteiger partial charge >= 0.3 is 0 Å². The van der Waals surface area contributed by atoms with Crippen LogP contribution in [0.1, 0.15) is 44.8 Å². The van der Waals surface area contributed by atoms with E-state index in [4.69, 9.17) is 4.99 Å². The summed E-state index contributed by atoms with van der Waals surface area (Å²) >= 11 is 0. The van der Waals surface area contributed by atoms with Gasteiger partial charge in [-0.15, -0.1) is 0 Å². The second-order valence-corrected chi connectivity index (χ2v) is 7.99. The molecular weight excluding hydrogens is 358 g/mol. The van der Waals surface area contributed by atoms with E-state index >= 15 is 0 Å². The molecule has 29 heavy (non-hydrogen) atoms. The molecule has 0 spiro atoms. The molecule has 0 saturated heterocycles. The van der Waals surface area contributed by atoms with Crippen LogP contribution in [0.2, 0.25) is 0 Å². The zero-order valence-corrected chi connectivity index (χ0v) is 16.8. The summed E-state index contributed by atoms with van der Waals surface area (Å²) in [5, 5.41) is 0. The quantitative estimate of drug-likeness (QED) is 0.685. The zero-order chi connectivity index (χ0) is 20.0. The molecule has 0 saturated carbocycles. The first-order valence-electron chi connectivity index (χ1n) is 10.0. The van der Waals surface area contributed by atoms with E-state index in [1.165, 1.54) is 16.7 Å². The number of aliphatic imine (C=N–C) groups is 1. The lowest BCUT2D eigenvalue weighted by Crippen LogP contribution is -2.35. The molecule has 4 heteroatoms. The van der Waals surface area contributed by atoms with Gasteiger partial charge in [-0.25, -0.2) is 0 Å². The third-order valence-corrected chi connectivity index (χ3v) is 5.71. The Morgan fingerprint density at radius 1 is 0.931 bits per heavy atom. The average molecular weight is 381 g/mol. The minimum Gasteiger partial charge on any atom is -0.334 e. The van der Waals surface area contributed by atoms with Gasteiger partial charge in [0.1, 0.15) is 0 Å². The smallest absolute Gasteiger partial charge is 0.227 e. The van der Waals surface area contributed by atoms with Crippen molar-refractivity contribution in [3.63, 3.8) is 0 Å². The first-order chi connectivity index (χ1) is 14.1. The van der Waals surface area contributed by atoms with Gasteiger partial charge in [0.15, 0.2) is 0 Å². The molecule has 0 N–H and O–H groups in total. The van der Waals surface area contributed by atoms with Gasteiger partial charge in [-0.2, -0.15) is 0 Å². The number of fused-ring (bicyclic) bond motifs is 2. The molecule has 0 atom stereocenters. The Morgan fingerprint density at radius 2 is 1.69 bits per heavy atom. The summed E-state index contributed by atoms with van der Waals surface area (Å²) in [4.78, 5) is 24.0. The molecule has 0 bridgehead atoms. The minimum atomic E-state index is 0.195. The first kappa shape index (κ1) is 17.8. The number of carbonyl (C=O) groups excluding carboxylic acids is 1. The van der Waals surface area contributed by atoms with E-state index in [-0.39, 0.29) is 5.91 Å². The first-order valence-corrected chi connectivity index (χ1v) is 10.0. The van der Waals surface area contributed by atoms with Crippen molar-refractivity contribution in [1.82, 2.24) is 9.88 Å². The van der Waals surface area contributed by atoms with E-state index in [0.717, 1.165) is 33.8 Å². The molecule has 2 aromatic carbocycles. The molecular formula is C25H23N3O. The number of nitrogens with zero attached hydrogens (tertiary/aromatic N) is 3. The number of aryl methyl sites for hydroxylation is 2. The third kappa shape index (κ3) is 3.35. The Labute approximate surface area is 170 Å². The molecule has 144 valence electrons. The highest BCUT2D eigenvalue weighted by atomic mass is 16.2. The largest absolute Gasteiger partial charge is 0.334 e. The summed E-state index contributed by atoms with van der Waals surface area (Å²) in [6, 6.07) is 18.8. The highest BCUT2D eigenvalue weighted by Crippen LogP contribution is 2.30. The van der Waals surface area contributed by atoms with Crippen LogP contribution in [0.5, 0.6) is 0 Å². The van der Waals surface area contributed by atoms with Gasteiger partial charge in [-0.05, 0) is 54.3 Å². The van der Waals surface area contributed by atoms with Crippen LogP contribution in [0.3, 0.4) is 0 Å². The van der Waals surface area contributed by atoms with Crippen molar-refractivity contribution in [2.24, 2.45) is 4.99 Å². The molecule has 4 nitrogen and oxygen atoms in total. The van der Waals surface area contributed by atoms with Crippen LogP contribution < -0.4 is 0 Å². The van der Waals surface area contributed by atoms with Crippen LogP contribution in [0.4, 0.5) is 0 Å². The van der Waals surface area contributed by atoms with Gasteiger partial charge < -0.3 is 4.90 Å². The summed E-state index contributed by atoms with van der Waals surface area (Å²) in [5.41, 5.74) is 10.1. The number of hydrogen-bond acceptors (Lipinski definition) is 3. The molecule has 0 fully saturated rings. The number of amides is 1. The monoisotopic (exact) mass is 381 g/mol. The predicted molar refractivity (Wildman–Crippen MR) is 114 cm³/mol. The number of pyridine rings is 1. The van der Waals surface area contributed by atoms with Gasteiger partial charge in [-0.3, -0.25) is 14.8 Å². The molecule has 2 aliphatic rings. The van der Waals surface area contributed by atoms with E-state index in [0.29, 0.717) is 26.1 Å². The van der Waals surface area contributed by atoms with Crippen molar-refractivity contribution in [3.05, 3.63) is 99.4 Å². The highest BCUT2D eigenvalue weighted by molar-refractivity contribution is 6.15. The second kappa shape index (κ2) is 6.96. The van der Waals surface area contributed by atoms with Crippen molar-refractivity contribution < 1.29 is 4.79 Å². The fourth-order valence-corrected chi connectivity index (χ4v) is 4.39. The molecule has 5 rings (SSSR count). The average Bonchev–Trinajstić information content (AvgIpc) is 3.10. The lowest BCUT2D eigenvalue weighted by Gasteiger charge is -2.29. The fourth-order valence-electron chi connectivity index (χ4n) is 4.39. The van der Waals surface area contributed by atoms with Gasteiger partial charge in [0.2, 0.25) is 5.91 Å². The van der Waals surface area contributed by atoms with Crippen LogP contribution in [0, 0.1) is 13.8 Å². The number of rotatable bonds is 3. The van der Waals surface area contributed by atoms with Crippen molar-refractivity contribution >= 4 is 11.6 Å². The Kier molecular flexibility index (Phi) is 4.27. The maximum Gasteiger partial charge on any atom is 0.227 e. The summed E-state index contributed by atoms with van der Waals surface area (Å²) in [6.07, 6.45) is 0.470. The molecule has 3 aromatic rings. The van der Waals surface area contributed by atoms with Crippen molar-refractivity contribution in [1.29, 1.82) is 0 Å². The maximum atomic E-state index is 12.7. The van der Waals surface area contributed by atoms with Gasteiger partial charge in [-0.1, -0.05) is 36.4 Å². The second-order valence-electron chi connectivity index (χ2n) is 7.99. The SMILES string of the molecule is Cc1cc(C2=NCc3cc4c(cc32)CN(Cc2ccccc2)C(=O)C4)cc(C)n1. The van der Waals surface area contributed by atoms with E-state index in [9.17, 15) is 4.79 Å². The molecule has 0 aliphatic carbocycles. The van der Waals surface area contributed by atoms with Crippen LogP contribution in [0.25, 0.3) is 0 Å². The van der Waals surface area contributed by atoms with Crippen LogP contribution >= 0.6 is 0 Å². The summed E-state index contributed by atoms with van der Waals surface area (Å²) in [7, 11) is 0. The molecule has 1 aromatic heterocycles. The van der Waals surface area contributed by atoms with Crippen molar-refractivity contribution in [2.75, 3.05) is 0 Å². The summed E-state index contributed by atoms with van der Waals surface area (Å²) in [6.45, 7) is 6.03. The number of aromatic nitrogens is 1. The van der Waals surface area contributed by atoms with Gasteiger partial charge in [0.25, 0.3) is 0 Å². The zero-order valence-electron chi connectivity index (χ0n) is 16.8. The topological polar surface area (TPSA) is 45.6 Å². The molecule has 0 unspecified atom stereocenters. The molecule has 0 radical (unpaired) electrons. The lowest BCUT2D eigenvalue weighted by molar-refractivity contribution is -0.132. The Hall–Kier alpha value is -3.27. The predicted octanol–water partition coefficient (Wildman–Crippen LogP) is 4.13. The molecule has 1 amide bonds. The summed E-state index contributed by atoms with van der Waals surface area (Å²) < 4.78 is 0. The Bertz CT molecular complexity index is 1130. The summed E-state index contributed by atoms with van der Waals surface area (Å²) in [5.74, 6) is 0.195. The third-order valence-electron chi connectivity index (χ3n) is 5.71. The Balaban J connectivity index is 1.47. The highest BCUT2D eigenvalue weighted by Gasteiger charge is 2.27. The van der Waals surface area contributed by atoms with E-state index in [1.54, 1.807) is 0 Å². The minimum absolute atomic E-state index is 0.195. The van der Waals surface area contributed by atoms with E-state index in [1.807, 2.05) is 36.9 Å². The lowest BCUT2D eigenvalue weighted by atomic mass is 9.91.